The Labute approximate surface area is 81.2 Å². The van der Waals surface area contributed by atoms with Crippen molar-refractivity contribution in [3.63, 3.8) is 0 Å². The summed E-state index contributed by atoms with van der Waals surface area (Å²) in [5.74, 6) is 0.635. The Bertz CT molecular complexity index is 446. The molecule has 0 saturated heterocycles. The van der Waals surface area contributed by atoms with Gasteiger partial charge in [0.1, 0.15) is 0 Å². The van der Waals surface area contributed by atoms with E-state index in [4.69, 9.17) is 5.73 Å². The Morgan fingerprint density at radius 3 is 2.85 bits per heavy atom. The Balaban J connectivity index is 2.19. The van der Waals surface area contributed by atoms with E-state index in [2.05, 4.69) is 29.6 Å². The van der Waals surface area contributed by atoms with E-state index in [9.17, 15) is 0 Å². The maximum Gasteiger partial charge on any atom is 0.0345 e. The van der Waals surface area contributed by atoms with Gasteiger partial charge in [0.05, 0.1) is 0 Å². The standard InChI is InChI=1S/C11H11NS/c12-10-5-8(10)9-6-13-11-4-2-1-3-7(9)11/h1-4,6,8,10H,5,12H2. The third kappa shape index (κ3) is 1.10. The van der Waals surface area contributed by atoms with Crippen molar-refractivity contribution >= 4 is 21.4 Å². The molecule has 2 atom stereocenters. The number of benzene rings is 1. The average molecular weight is 189 g/mol. The molecule has 1 aliphatic rings. The van der Waals surface area contributed by atoms with E-state index in [-0.39, 0.29) is 0 Å². The molecule has 1 aromatic carbocycles. The van der Waals surface area contributed by atoms with Gasteiger partial charge in [0.25, 0.3) is 0 Å². The number of rotatable bonds is 1. The number of hydrogen-bond acceptors (Lipinski definition) is 2. The van der Waals surface area contributed by atoms with E-state index in [0.717, 1.165) is 0 Å². The molecule has 2 heteroatoms. The van der Waals surface area contributed by atoms with Crippen molar-refractivity contribution in [2.75, 3.05) is 0 Å². The second-order valence-corrected chi connectivity index (χ2v) is 4.60. The Hall–Kier alpha value is -0.860. The van der Waals surface area contributed by atoms with E-state index >= 15 is 0 Å². The van der Waals surface area contributed by atoms with Gasteiger partial charge in [-0.3, -0.25) is 0 Å². The summed E-state index contributed by atoms with van der Waals surface area (Å²) in [5.41, 5.74) is 7.32. The Morgan fingerprint density at radius 2 is 2.08 bits per heavy atom. The van der Waals surface area contributed by atoms with Crippen molar-refractivity contribution in [1.29, 1.82) is 0 Å². The average Bonchev–Trinajstić information content (AvgIpc) is 2.74. The van der Waals surface area contributed by atoms with Crippen LogP contribution >= 0.6 is 11.3 Å². The molecule has 13 heavy (non-hydrogen) atoms. The van der Waals surface area contributed by atoms with Crippen LogP contribution in [0.3, 0.4) is 0 Å². The summed E-state index contributed by atoms with van der Waals surface area (Å²) in [7, 11) is 0. The summed E-state index contributed by atoms with van der Waals surface area (Å²) in [6.07, 6.45) is 1.17. The summed E-state index contributed by atoms with van der Waals surface area (Å²) in [4.78, 5) is 0. The lowest BCUT2D eigenvalue weighted by molar-refractivity contribution is 1.00. The van der Waals surface area contributed by atoms with Crippen LogP contribution in [0.4, 0.5) is 0 Å². The molecule has 0 bridgehead atoms. The zero-order chi connectivity index (χ0) is 8.84. The Morgan fingerprint density at radius 1 is 1.31 bits per heavy atom. The van der Waals surface area contributed by atoms with Crippen LogP contribution in [-0.2, 0) is 0 Å². The van der Waals surface area contributed by atoms with Crippen LogP contribution in [0.2, 0.25) is 0 Å². The molecular weight excluding hydrogens is 178 g/mol. The first-order valence-electron chi connectivity index (χ1n) is 4.58. The SMILES string of the molecule is NC1CC1c1csc2ccccc12. The van der Waals surface area contributed by atoms with Crippen LogP contribution in [0.15, 0.2) is 29.6 Å². The molecule has 0 spiro atoms. The van der Waals surface area contributed by atoms with Gasteiger partial charge in [-0.15, -0.1) is 11.3 Å². The molecule has 2 unspecified atom stereocenters. The van der Waals surface area contributed by atoms with Gasteiger partial charge in [0.2, 0.25) is 0 Å². The summed E-state index contributed by atoms with van der Waals surface area (Å²) < 4.78 is 1.39. The summed E-state index contributed by atoms with van der Waals surface area (Å²) in [6, 6.07) is 8.99. The summed E-state index contributed by atoms with van der Waals surface area (Å²) in [5, 5.41) is 3.67. The lowest BCUT2D eigenvalue weighted by Gasteiger charge is -1.94. The highest BCUT2D eigenvalue weighted by Crippen LogP contribution is 2.44. The van der Waals surface area contributed by atoms with Gasteiger partial charge < -0.3 is 5.73 Å². The van der Waals surface area contributed by atoms with Gasteiger partial charge in [0, 0.05) is 16.7 Å². The van der Waals surface area contributed by atoms with Crippen molar-refractivity contribution in [1.82, 2.24) is 0 Å². The first-order chi connectivity index (χ1) is 6.36. The van der Waals surface area contributed by atoms with Crippen molar-refractivity contribution < 1.29 is 0 Å². The number of thiophene rings is 1. The quantitative estimate of drug-likeness (QED) is 0.733. The lowest BCUT2D eigenvalue weighted by atomic mass is 10.1. The highest BCUT2D eigenvalue weighted by molar-refractivity contribution is 7.17. The van der Waals surface area contributed by atoms with Gasteiger partial charge >= 0.3 is 0 Å². The van der Waals surface area contributed by atoms with Crippen LogP contribution in [-0.4, -0.2) is 6.04 Å². The molecule has 1 fully saturated rings. The first kappa shape index (κ1) is 7.54. The summed E-state index contributed by atoms with van der Waals surface area (Å²) >= 11 is 1.83. The van der Waals surface area contributed by atoms with Gasteiger partial charge in [0.15, 0.2) is 0 Å². The molecule has 1 heterocycles. The van der Waals surface area contributed by atoms with Gasteiger partial charge in [-0.2, -0.15) is 0 Å². The minimum atomic E-state index is 0.415. The number of hydrogen-bond donors (Lipinski definition) is 1. The zero-order valence-corrected chi connectivity index (χ0v) is 8.05. The van der Waals surface area contributed by atoms with E-state index in [1.54, 1.807) is 0 Å². The van der Waals surface area contributed by atoms with Crippen molar-refractivity contribution in [3.8, 4) is 0 Å². The highest BCUT2D eigenvalue weighted by atomic mass is 32.1. The topological polar surface area (TPSA) is 26.0 Å². The molecule has 1 aliphatic carbocycles. The molecule has 0 aliphatic heterocycles. The fourth-order valence-electron chi connectivity index (χ4n) is 1.86. The minimum Gasteiger partial charge on any atom is -0.327 e. The van der Waals surface area contributed by atoms with Crippen LogP contribution in [0.1, 0.15) is 17.9 Å². The van der Waals surface area contributed by atoms with E-state index < -0.39 is 0 Å². The number of fused-ring (bicyclic) bond motifs is 1. The number of nitrogens with two attached hydrogens (primary N) is 1. The molecule has 3 rings (SSSR count). The normalized spacial score (nSPS) is 26.5. The molecule has 1 aromatic heterocycles. The second-order valence-electron chi connectivity index (χ2n) is 3.69. The maximum absolute atomic E-state index is 5.85. The van der Waals surface area contributed by atoms with Gasteiger partial charge in [-0.05, 0) is 28.8 Å². The van der Waals surface area contributed by atoms with Crippen molar-refractivity contribution in [2.45, 2.75) is 18.4 Å². The fourth-order valence-corrected chi connectivity index (χ4v) is 2.88. The predicted octanol–water partition coefficient (Wildman–Crippen LogP) is 2.72. The zero-order valence-electron chi connectivity index (χ0n) is 7.23. The van der Waals surface area contributed by atoms with Crippen LogP contribution in [0.5, 0.6) is 0 Å². The van der Waals surface area contributed by atoms with Crippen LogP contribution in [0.25, 0.3) is 10.1 Å². The third-order valence-electron chi connectivity index (χ3n) is 2.75. The molecule has 1 nitrogen and oxygen atoms in total. The van der Waals surface area contributed by atoms with E-state index in [0.29, 0.717) is 12.0 Å². The van der Waals surface area contributed by atoms with Gasteiger partial charge in [-0.25, -0.2) is 0 Å². The summed E-state index contributed by atoms with van der Waals surface area (Å²) in [6.45, 7) is 0. The second kappa shape index (κ2) is 2.56. The van der Waals surface area contributed by atoms with Crippen molar-refractivity contribution in [3.05, 3.63) is 35.2 Å². The predicted molar refractivity (Wildman–Crippen MR) is 57.2 cm³/mol. The van der Waals surface area contributed by atoms with Crippen molar-refractivity contribution in [2.24, 2.45) is 5.73 Å². The smallest absolute Gasteiger partial charge is 0.0345 e. The lowest BCUT2D eigenvalue weighted by Crippen LogP contribution is -2.00. The molecule has 0 amide bonds. The third-order valence-corrected chi connectivity index (χ3v) is 3.73. The molecule has 1 saturated carbocycles. The molecular formula is C11H11NS. The maximum atomic E-state index is 5.85. The first-order valence-corrected chi connectivity index (χ1v) is 5.46. The minimum absolute atomic E-state index is 0.415. The van der Waals surface area contributed by atoms with Crippen LogP contribution in [0, 0.1) is 0 Å². The van der Waals surface area contributed by atoms with Crippen LogP contribution < -0.4 is 5.73 Å². The highest BCUT2D eigenvalue weighted by Gasteiger charge is 2.36. The fraction of sp³-hybridized carbons (Fsp3) is 0.273. The molecule has 2 aromatic rings. The molecule has 66 valence electrons. The largest absolute Gasteiger partial charge is 0.327 e. The van der Waals surface area contributed by atoms with E-state index in [1.807, 2.05) is 11.3 Å². The van der Waals surface area contributed by atoms with E-state index in [1.165, 1.54) is 22.1 Å². The van der Waals surface area contributed by atoms with Gasteiger partial charge in [-0.1, -0.05) is 18.2 Å². The monoisotopic (exact) mass is 189 g/mol. The Kier molecular flexibility index (Phi) is 1.49. The molecule has 2 N–H and O–H groups in total. The molecule has 0 radical (unpaired) electrons.